The quantitative estimate of drug-likeness (QED) is 0.877. The van der Waals surface area contributed by atoms with Crippen LogP contribution in [0, 0.1) is 13.8 Å². The molecule has 0 spiro atoms. The van der Waals surface area contributed by atoms with Crippen molar-refractivity contribution in [3.63, 3.8) is 0 Å². The molecule has 0 aliphatic carbocycles. The van der Waals surface area contributed by atoms with Crippen molar-refractivity contribution in [3.8, 4) is 11.3 Å². The van der Waals surface area contributed by atoms with Gasteiger partial charge >= 0.3 is 0 Å². The Bertz CT molecular complexity index is 508. The fourth-order valence-electron chi connectivity index (χ4n) is 1.76. The summed E-state index contributed by atoms with van der Waals surface area (Å²) < 4.78 is 0. The van der Waals surface area contributed by atoms with Gasteiger partial charge in [-0.2, -0.15) is 0 Å². The van der Waals surface area contributed by atoms with E-state index in [2.05, 4.69) is 27.2 Å². The second-order valence-corrected chi connectivity index (χ2v) is 3.86. The first-order valence-corrected chi connectivity index (χ1v) is 5.72. The maximum atomic E-state index is 4.51. The van der Waals surface area contributed by atoms with Gasteiger partial charge in [0.05, 0.1) is 5.69 Å². The summed E-state index contributed by atoms with van der Waals surface area (Å²) in [4.78, 5) is 12.9. The summed E-state index contributed by atoms with van der Waals surface area (Å²) in [5.74, 6) is 1.69. The van der Waals surface area contributed by atoms with Gasteiger partial charge in [0.15, 0.2) is 0 Å². The fraction of sp³-hybridized carbons (Fsp3) is 0.308. The van der Waals surface area contributed by atoms with Crippen LogP contribution in [0.25, 0.3) is 11.3 Å². The molecular weight excluding hydrogens is 212 g/mol. The van der Waals surface area contributed by atoms with Crippen molar-refractivity contribution in [2.75, 3.05) is 11.9 Å². The highest BCUT2D eigenvalue weighted by Gasteiger charge is 2.09. The number of hydrogen-bond donors (Lipinski definition) is 1. The lowest BCUT2D eigenvalue weighted by molar-refractivity contribution is 1.02. The minimum absolute atomic E-state index is 0.776. The first kappa shape index (κ1) is 11.5. The molecule has 0 saturated heterocycles. The summed E-state index contributed by atoms with van der Waals surface area (Å²) in [6.45, 7) is 6.86. The molecule has 4 nitrogen and oxygen atoms in total. The van der Waals surface area contributed by atoms with E-state index < -0.39 is 0 Å². The minimum Gasteiger partial charge on any atom is -0.370 e. The predicted octanol–water partition coefficient (Wildman–Crippen LogP) is 2.59. The molecule has 88 valence electrons. The highest BCUT2D eigenvalue weighted by Crippen LogP contribution is 2.24. The Morgan fingerprint density at radius 3 is 2.47 bits per heavy atom. The monoisotopic (exact) mass is 228 g/mol. The lowest BCUT2D eigenvalue weighted by Gasteiger charge is -2.11. The molecule has 1 N–H and O–H groups in total. The van der Waals surface area contributed by atoms with Crippen LogP contribution in [0.15, 0.2) is 24.5 Å². The second-order valence-electron chi connectivity index (χ2n) is 3.86. The van der Waals surface area contributed by atoms with Gasteiger partial charge in [-0.1, -0.05) is 0 Å². The number of aromatic nitrogens is 3. The molecule has 0 aliphatic rings. The second kappa shape index (κ2) is 4.91. The lowest BCUT2D eigenvalue weighted by atomic mass is 10.1. The van der Waals surface area contributed by atoms with Crippen molar-refractivity contribution in [1.82, 2.24) is 15.0 Å². The standard InChI is InChI=1S/C13H16N4/c1-4-15-13-9(2)12(16-10(3)17-13)11-5-7-14-8-6-11/h5-8H,4H2,1-3H3,(H,15,16,17). The molecule has 0 aromatic carbocycles. The molecule has 17 heavy (non-hydrogen) atoms. The van der Waals surface area contributed by atoms with E-state index in [-0.39, 0.29) is 0 Å². The van der Waals surface area contributed by atoms with E-state index in [1.165, 1.54) is 0 Å². The largest absolute Gasteiger partial charge is 0.370 e. The molecule has 2 heterocycles. The summed E-state index contributed by atoms with van der Waals surface area (Å²) in [6, 6.07) is 3.93. The van der Waals surface area contributed by atoms with Crippen molar-refractivity contribution in [1.29, 1.82) is 0 Å². The van der Waals surface area contributed by atoms with Crippen LogP contribution in [0.5, 0.6) is 0 Å². The maximum Gasteiger partial charge on any atom is 0.133 e. The van der Waals surface area contributed by atoms with E-state index in [1.54, 1.807) is 12.4 Å². The first-order valence-electron chi connectivity index (χ1n) is 5.72. The van der Waals surface area contributed by atoms with Gasteiger partial charge in [0.25, 0.3) is 0 Å². The van der Waals surface area contributed by atoms with E-state index in [4.69, 9.17) is 0 Å². The number of aryl methyl sites for hydroxylation is 1. The van der Waals surface area contributed by atoms with Crippen molar-refractivity contribution in [2.24, 2.45) is 0 Å². The molecular formula is C13H16N4. The first-order chi connectivity index (χ1) is 8.22. The van der Waals surface area contributed by atoms with E-state index >= 15 is 0 Å². The van der Waals surface area contributed by atoms with Crippen LogP contribution in [-0.4, -0.2) is 21.5 Å². The van der Waals surface area contributed by atoms with Crippen LogP contribution in [0.3, 0.4) is 0 Å². The highest BCUT2D eigenvalue weighted by molar-refractivity contribution is 5.67. The van der Waals surface area contributed by atoms with Gasteiger partial charge in [-0.25, -0.2) is 9.97 Å². The summed E-state index contributed by atoms with van der Waals surface area (Å²) in [5.41, 5.74) is 3.11. The average molecular weight is 228 g/mol. The molecule has 0 saturated carbocycles. The molecule has 0 aliphatic heterocycles. The normalized spacial score (nSPS) is 10.3. The van der Waals surface area contributed by atoms with Gasteiger partial charge in [-0.15, -0.1) is 0 Å². The van der Waals surface area contributed by atoms with Gasteiger partial charge in [-0.3, -0.25) is 4.98 Å². The van der Waals surface area contributed by atoms with Crippen LogP contribution >= 0.6 is 0 Å². The van der Waals surface area contributed by atoms with Crippen molar-refractivity contribution in [2.45, 2.75) is 20.8 Å². The Kier molecular flexibility index (Phi) is 3.32. The zero-order chi connectivity index (χ0) is 12.3. The number of anilines is 1. The summed E-state index contributed by atoms with van der Waals surface area (Å²) in [7, 11) is 0. The van der Waals surface area contributed by atoms with Gasteiger partial charge in [0.2, 0.25) is 0 Å². The zero-order valence-electron chi connectivity index (χ0n) is 10.4. The van der Waals surface area contributed by atoms with Gasteiger partial charge in [0.1, 0.15) is 11.6 Å². The third-order valence-electron chi connectivity index (χ3n) is 2.56. The van der Waals surface area contributed by atoms with Crippen molar-refractivity contribution in [3.05, 3.63) is 35.9 Å². The highest BCUT2D eigenvalue weighted by atomic mass is 15.0. The van der Waals surface area contributed by atoms with Gasteiger partial charge in [-0.05, 0) is 32.9 Å². The number of nitrogens with zero attached hydrogens (tertiary/aromatic N) is 3. The van der Waals surface area contributed by atoms with E-state index in [0.29, 0.717) is 0 Å². The summed E-state index contributed by atoms with van der Waals surface area (Å²) in [6.07, 6.45) is 3.55. The van der Waals surface area contributed by atoms with Crippen LogP contribution in [0.4, 0.5) is 5.82 Å². The predicted molar refractivity (Wildman–Crippen MR) is 68.9 cm³/mol. The Hall–Kier alpha value is -1.97. The van der Waals surface area contributed by atoms with Gasteiger partial charge in [0, 0.05) is 30.1 Å². The Labute approximate surface area is 101 Å². The van der Waals surface area contributed by atoms with E-state index in [9.17, 15) is 0 Å². The molecule has 0 fully saturated rings. The topological polar surface area (TPSA) is 50.7 Å². The zero-order valence-corrected chi connectivity index (χ0v) is 10.4. The van der Waals surface area contributed by atoms with Gasteiger partial charge < -0.3 is 5.32 Å². The smallest absolute Gasteiger partial charge is 0.133 e. The minimum atomic E-state index is 0.776. The van der Waals surface area contributed by atoms with Crippen LogP contribution in [0.2, 0.25) is 0 Å². The molecule has 0 radical (unpaired) electrons. The third kappa shape index (κ3) is 2.41. The molecule has 2 rings (SSSR count). The maximum absolute atomic E-state index is 4.51. The molecule has 0 amide bonds. The number of hydrogen-bond acceptors (Lipinski definition) is 4. The third-order valence-corrected chi connectivity index (χ3v) is 2.56. The van der Waals surface area contributed by atoms with E-state index in [0.717, 1.165) is 35.0 Å². The van der Waals surface area contributed by atoms with Crippen LogP contribution in [0.1, 0.15) is 18.3 Å². The number of nitrogens with one attached hydrogen (secondary N) is 1. The number of pyridine rings is 1. The fourth-order valence-corrected chi connectivity index (χ4v) is 1.76. The number of rotatable bonds is 3. The van der Waals surface area contributed by atoms with E-state index in [1.807, 2.05) is 26.0 Å². The Morgan fingerprint density at radius 2 is 1.82 bits per heavy atom. The summed E-state index contributed by atoms with van der Waals surface area (Å²) >= 11 is 0. The van der Waals surface area contributed by atoms with Crippen LogP contribution in [-0.2, 0) is 0 Å². The Balaban J connectivity index is 2.54. The average Bonchev–Trinajstić information content (AvgIpc) is 2.35. The molecule has 2 aromatic heterocycles. The Morgan fingerprint density at radius 1 is 1.12 bits per heavy atom. The SMILES string of the molecule is CCNc1nc(C)nc(-c2ccncc2)c1C. The molecule has 0 unspecified atom stereocenters. The van der Waals surface area contributed by atoms with Crippen molar-refractivity contribution < 1.29 is 0 Å². The molecule has 0 atom stereocenters. The molecule has 2 aromatic rings. The van der Waals surface area contributed by atoms with Crippen molar-refractivity contribution >= 4 is 5.82 Å². The summed E-state index contributed by atoms with van der Waals surface area (Å²) in [5, 5.41) is 3.26. The lowest BCUT2D eigenvalue weighted by Crippen LogP contribution is -2.06. The molecule has 0 bridgehead atoms. The van der Waals surface area contributed by atoms with Crippen LogP contribution < -0.4 is 5.32 Å². The molecule has 4 heteroatoms.